The number of amides is 1. The van der Waals surface area contributed by atoms with Crippen molar-refractivity contribution in [2.24, 2.45) is 0 Å². The summed E-state index contributed by atoms with van der Waals surface area (Å²) in [6, 6.07) is 12.8. The molecule has 2 aromatic rings. The summed E-state index contributed by atoms with van der Waals surface area (Å²) >= 11 is 0. The second kappa shape index (κ2) is 7.46. The van der Waals surface area contributed by atoms with Gasteiger partial charge in [-0.3, -0.25) is 4.79 Å². The topological polar surface area (TPSA) is 86.7 Å². The van der Waals surface area contributed by atoms with Gasteiger partial charge < -0.3 is 10.4 Å². The third-order valence-electron chi connectivity index (χ3n) is 3.55. The van der Waals surface area contributed by atoms with Gasteiger partial charge in [0.2, 0.25) is 10.0 Å². The molecule has 0 aliphatic heterocycles. The molecule has 2 N–H and O–H groups in total. The fraction of sp³-hybridized carbons (Fsp3) is 0.235. The molecule has 0 saturated carbocycles. The standard InChI is InChI=1S/C17H20N2O4S/c1-19(2)24(22,23)15-8-5-7-14(12-15)17(21)18-11-10-13-6-3-4-9-16(13)20/h3-9,12,20H,10-11H2,1-2H3,(H,18,21). The van der Waals surface area contributed by atoms with Gasteiger partial charge >= 0.3 is 0 Å². The van der Waals surface area contributed by atoms with Gasteiger partial charge in [-0.1, -0.05) is 24.3 Å². The highest BCUT2D eigenvalue weighted by molar-refractivity contribution is 7.89. The van der Waals surface area contributed by atoms with E-state index in [1.165, 1.54) is 32.3 Å². The lowest BCUT2D eigenvalue weighted by Crippen LogP contribution is -2.26. The highest BCUT2D eigenvalue weighted by atomic mass is 32.2. The third kappa shape index (κ3) is 4.12. The summed E-state index contributed by atoms with van der Waals surface area (Å²) in [5.41, 5.74) is 1.01. The molecule has 0 fully saturated rings. The Hall–Kier alpha value is -2.38. The summed E-state index contributed by atoms with van der Waals surface area (Å²) in [5, 5.41) is 12.4. The van der Waals surface area contributed by atoms with Crippen LogP contribution in [-0.4, -0.2) is 44.4 Å². The molecule has 128 valence electrons. The lowest BCUT2D eigenvalue weighted by molar-refractivity contribution is 0.0954. The molecule has 7 heteroatoms. The van der Waals surface area contributed by atoms with Gasteiger partial charge in [0.15, 0.2) is 0 Å². The first-order chi connectivity index (χ1) is 11.3. The lowest BCUT2D eigenvalue weighted by Gasteiger charge is -2.12. The fourth-order valence-electron chi connectivity index (χ4n) is 2.14. The minimum atomic E-state index is -3.58. The Bertz CT molecular complexity index is 832. The van der Waals surface area contributed by atoms with E-state index in [0.29, 0.717) is 13.0 Å². The SMILES string of the molecule is CN(C)S(=O)(=O)c1cccc(C(=O)NCCc2ccccc2O)c1. The number of sulfonamides is 1. The molecule has 1 amide bonds. The van der Waals surface area contributed by atoms with Crippen LogP contribution < -0.4 is 5.32 Å². The third-order valence-corrected chi connectivity index (χ3v) is 5.36. The van der Waals surface area contributed by atoms with Gasteiger partial charge in [-0.15, -0.1) is 0 Å². The Morgan fingerprint density at radius 3 is 2.50 bits per heavy atom. The predicted molar refractivity (Wildman–Crippen MR) is 91.5 cm³/mol. The second-order valence-corrected chi connectivity index (χ2v) is 7.60. The van der Waals surface area contributed by atoms with E-state index >= 15 is 0 Å². The van der Waals surface area contributed by atoms with Gasteiger partial charge in [0, 0.05) is 26.2 Å². The van der Waals surface area contributed by atoms with Crippen molar-refractivity contribution in [2.75, 3.05) is 20.6 Å². The van der Waals surface area contributed by atoms with Crippen molar-refractivity contribution < 1.29 is 18.3 Å². The molecule has 2 rings (SSSR count). The average molecular weight is 348 g/mol. The molecule has 0 heterocycles. The van der Waals surface area contributed by atoms with E-state index in [0.717, 1.165) is 9.87 Å². The van der Waals surface area contributed by atoms with Crippen molar-refractivity contribution in [1.82, 2.24) is 9.62 Å². The van der Waals surface area contributed by atoms with E-state index in [1.807, 2.05) is 6.07 Å². The van der Waals surface area contributed by atoms with Crippen LogP contribution in [0.4, 0.5) is 0 Å². The Kier molecular flexibility index (Phi) is 5.58. The fourth-order valence-corrected chi connectivity index (χ4v) is 3.09. The molecule has 0 atom stereocenters. The average Bonchev–Trinajstić information content (AvgIpc) is 2.56. The van der Waals surface area contributed by atoms with Gasteiger partial charge in [0.25, 0.3) is 5.91 Å². The van der Waals surface area contributed by atoms with Gasteiger partial charge in [-0.25, -0.2) is 12.7 Å². The molecular formula is C17H20N2O4S. The molecular weight excluding hydrogens is 328 g/mol. The minimum Gasteiger partial charge on any atom is -0.508 e. The molecule has 6 nitrogen and oxygen atoms in total. The van der Waals surface area contributed by atoms with Gasteiger partial charge in [-0.2, -0.15) is 0 Å². The van der Waals surface area contributed by atoms with Crippen LogP contribution in [0.25, 0.3) is 0 Å². The minimum absolute atomic E-state index is 0.0702. The molecule has 0 aliphatic carbocycles. The molecule has 0 radical (unpaired) electrons. The number of rotatable bonds is 6. The highest BCUT2D eigenvalue weighted by Gasteiger charge is 2.18. The number of benzene rings is 2. The van der Waals surface area contributed by atoms with Gasteiger partial charge in [0.05, 0.1) is 4.90 Å². The zero-order chi connectivity index (χ0) is 17.7. The van der Waals surface area contributed by atoms with Crippen molar-refractivity contribution in [2.45, 2.75) is 11.3 Å². The number of nitrogens with zero attached hydrogens (tertiary/aromatic N) is 1. The van der Waals surface area contributed by atoms with E-state index < -0.39 is 10.0 Å². The summed E-state index contributed by atoms with van der Waals surface area (Å²) in [5.74, 6) is -0.174. The number of hydrogen-bond acceptors (Lipinski definition) is 4. The van der Waals surface area contributed by atoms with Gasteiger partial charge in [0.1, 0.15) is 5.75 Å². The van der Waals surface area contributed by atoms with Crippen LogP contribution in [0.3, 0.4) is 0 Å². The Balaban J connectivity index is 2.04. The van der Waals surface area contributed by atoms with Crippen molar-refractivity contribution in [3.8, 4) is 5.75 Å². The van der Waals surface area contributed by atoms with Crippen LogP contribution in [-0.2, 0) is 16.4 Å². The van der Waals surface area contributed by atoms with Crippen LogP contribution >= 0.6 is 0 Å². The van der Waals surface area contributed by atoms with Crippen molar-refractivity contribution in [1.29, 1.82) is 0 Å². The maximum Gasteiger partial charge on any atom is 0.251 e. The number of carbonyl (C=O) groups is 1. The van der Waals surface area contributed by atoms with E-state index in [9.17, 15) is 18.3 Å². The number of carbonyl (C=O) groups excluding carboxylic acids is 1. The number of nitrogens with one attached hydrogen (secondary N) is 1. The number of para-hydroxylation sites is 1. The van der Waals surface area contributed by atoms with Crippen LogP contribution in [0.15, 0.2) is 53.4 Å². The number of hydrogen-bond donors (Lipinski definition) is 2. The van der Waals surface area contributed by atoms with Crippen molar-refractivity contribution >= 4 is 15.9 Å². The van der Waals surface area contributed by atoms with E-state index in [-0.39, 0.29) is 22.1 Å². The monoisotopic (exact) mass is 348 g/mol. The number of aromatic hydroxyl groups is 1. The zero-order valence-corrected chi connectivity index (χ0v) is 14.4. The number of phenolic OH excluding ortho intramolecular Hbond substituents is 1. The second-order valence-electron chi connectivity index (χ2n) is 5.45. The highest BCUT2D eigenvalue weighted by Crippen LogP contribution is 2.16. The first-order valence-corrected chi connectivity index (χ1v) is 8.84. The summed E-state index contributed by atoms with van der Waals surface area (Å²) in [4.78, 5) is 12.3. The maximum absolute atomic E-state index is 12.2. The summed E-state index contributed by atoms with van der Waals surface area (Å²) in [6.07, 6.45) is 0.480. The molecule has 0 spiro atoms. The van der Waals surface area contributed by atoms with Crippen molar-refractivity contribution in [3.05, 3.63) is 59.7 Å². The predicted octanol–water partition coefficient (Wildman–Crippen LogP) is 1.61. The first kappa shape index (κ1) is 18.0. The Morgan fingerprint density at radius 2 is 1.83 bits per heavy atom. The molecule has 24 heavy (non-hydrogen) atoms. The van der Waals surface area contributed by atoms with Crippen LogP contribution in [0.5, 0.6) is 5.75 Å². The zero-order valence-electron chi connectivity index (χ0n) is 13.6. The van der Waals surface area contributed by atoms with E-state index in [4.69, 9.17) is 0 Å². The molecule has 2 aromatic carbocycles. The summed E-state index contributed by atoms with van der Waals surface area (Å²) < 4.78 is 25.3. The first-order valence-electron chi connectivity index (χ1n) is 7.40. The Morgan fingerprint density at radius 1 is 1.12 bits per heavy atom. The quantitative estimate of drug-likeness (QED) is 0.830. The molecule has 0 unspecified atom stereocenters. The molecule has 0 saturated heterocycles. The summed E-state index contributed by atoms with van der Waals surface area (Å²) in [6.45, 7) is 0.334. The van der Waals surface area contributed by atoms with Crippen molar-refractivity contribution in [3.63, 3.8) is 0 Å². The van der Waals surface area contributed by atoms with Crippen LogP contribution in [0.2, 0.25) is 0 Å². The molecule has 0 aromatic heterocycles. The smallest absolute Gasteiger partial charge is 0.251 e. The summed E-state index contributed by atoms with van der Waals surface area (Å²) in [7, 11) is -0.704. The maximum atomic E-state index is 12.2. The molecule has 0 aliphatic rings. The largest absolute Gasteiger partial charge is 0.508 e. The van der Waals surface area contributed by atoms with E-state index in [2.05, 4.69) is 5.32 Å². The Labute approximate surface area is 141 Å². The number of phenols is 1. The molecule has 0 bridgehead atoms. The van der Waals surface area contributed by atoms with Gasteiger partial charge in [-0.05, 0) is 36.2 Å². The van der Waals surface area contributed by atoms with Crippen LogP contribution in [0, 0.1) is 0 Å². The lowest BCUT2D eigenvalue weighted by atomic mass is 10.1. The normalized spacial score (nSPS) is 11.5. The van der Waals surface area contributed by atoms with Crippen LogP contribution in [0.1, 0.15) is 15.9 Å². The van der Waals surface area contributed by atoms with E-state index in [1.54, 1.807) is 24.3 Å².